The molecule has 1 unspecified atom stereocenters. The maximum atomic E-state index is 11.9. The Balaban J connectivity index is 2.77. The van der Waals surface area contributed by atoms with E-state index in [0.29, 0.717) is 13.1 Å². The van der Waals surface area contributed by atoms with Gasteiger partial charge in [-0.2, -0.15) is 9.57 Å². The van der Waals surface area contributed by atoms with E-state index in [2.05, 4.69) is 5.32 Å². The van der Waals surface area contributed by atoms with Crippen molar-refractivity contribution >= 4 is 10.0 Å². The van der Waals surface area contributed by atoms with Crippen LogP contribution in [0.4, 0.5) is 0 Å². The van der Waals surface area contributed by atoms with Gasteiger partial charge in [-0.25, -0.2) is 8.42 Å². The fourth-order valence-electron chi connectivity index (χ4n) is 2.01. The van der Waals surface area contributed by atoms with E-state index in [0.717, 1.165) is 25.8 Å². The van der Waals surface area contributed by atoms with Crippen molar-refractivity contribution in [3.05, 3.63) is 0 Å². The fourth-order valence-corrected chi connectivity index (χ4v) is 3.44. The Labute approximate surface area is 97.5 Å². The van der Waals surface area contributed by atoms with Crippen LogP contribution in [0.3, 0.4) is 0 Å². The molecule has 0 radical (unpaired) electrons. The van der Waals surface area contributed by atoms with E-state index >= 15 is 0 Å². The molecule has 0 amide bonds. The van der Waals surface area contributed by atoms with Gasteiger partial charge in [-0.15, -0.1) is 0 Å². The molecule has 0 spiro atoms. The van der Waals surface area contributed by atoms with E-state index in [1.54, 1.807) is 6.07 Å². The Hall–Kier alpha value is -0.640. The molecule has 0 aromatic heterocycles. The van der Waals surface area contributed by atoms with Crippen molar-refractivity contribution in [3.63, 3.8) is 0 Å². The summed E-state index contributed by atoms with van der Waals surface area (Å²) in [6, 6.07) is 1.76. The van der Waals surface area contributed by atoms with Crippen molar-refractivity contribution in [1.82, 2.24) is 9.62 Å². The zero-order valence-corrected chi connectivity index (χ0v) is 10.5. The van der Waals surface area contributed by atoms with Crippen LogP contribution in [-0.2, 0) is 10.0 Å². The molecule has 1 rings (SSSR count). The highest BCUT2D eigenvalue weighted by molar-refractivity contribution is 7.89. The van der Waals surface area contributed by atoms with Crippen LogP contribution in [0, 0.1) is 11.3 Å². The van der Waals surface area contributed by atoms with Crippen LogP contribution >= 0.6 is 0 Å². The molecule has 1 atom stereocenters. The highest BCUT2D eigenvalue weighted by atomic mass is 32.2. The molecule has 1 fully saturated rings. The Morgan fingerprint density at radius 3 is 2.81 bits per heavy atom. The number of rotatable bonds is 5. The minimum absolute atomic E-state index is 0.0204. The van der Waals surface area contributed by atoms with Crippen LogP contribution in [0.1, 0.15) is 26.2 Å². The highest BCUT2D eigenvalue weighted by Crippen LogP contribution is 2.15. The molecule has 0 saturated carbocycles. The maximum Gasteiger partial charge on any atom is 0.227 e. The largest absolute Gasteiger partial charge is 0.315 e. The number of nitriles is 1. The van der Waals surface area contributed by atoms with Gasteiger partial charge in [-0.3, -0.25) is 0 Å². The Kier molecular flexibility index (Phi) is 5.19. The molecule has 0 aromatic rings. The molecule has 1 heterocycles. The van der Waals surface area contributed by atoms with Crippen molar-refractivity contribution in [2.75, 3.05) is 25.4 Å². The first-order valence-electron chi connectivity index (χ1n) is 5.69. The second kappa shape index (κ2) is 6.18. The lowest BCUT2D eigenvalue weighted by Gasteiger charge is -2.33. The average Bonchev–Trinajstić information content (AvgIpc) is 2.27. The van der Waals surface area contributed by atoms with E-state index in [-0.39, 0.29) is 6.04 Å². The first-order valence-corrected chi connectivity index (χ1v) is 7.30. The van der Waals surface area contributed by atoms with Crippen LogP contribution in [0.5, 0.6) is 0 Å². The smallest absolute Gasteiger partial charge is 0.227 e. The predicted molar refractivity (Wildman–Crippen MR) is 62.3 cm³/mol. The van der Waals surface area contributed by atoms with Crippen LogP contribution in [0.2, 0.25) is 0 Å². The number of piperidine rings is 1. The second-order valence-electron chi connectivity index (χ2n) is 4.03. The molecule has 6 heteroatoms. The zero-order valence-electron chi connectivity index (χ0n) is 9.65. The van der Waals surface area contributed by atoms with Crippen molar-refractivity contribution in [2.45, 2.75) is 32.2 Å². The molecular formula is C10H19N3O2S. The molecule has 0 aromatic carbocycles. The predicted octanol–water partition coefficient (Wildman–Crippen LogP) is 0.304. The quantitative estimate of drug-likeness (QED) is 0.756. The SMILES string of the molecule is CCCN(C1CCCNC1)S(=O)(=O)CC#N. The van der Waals surface area contributed by atoms with Crippen molar-refractivity contribution in [2.24, 2.45) is 0 Å². The average molecular weight is 245 g/mol. The summed E-state index contributed by atoms with van der Waals surface area (Å²) in [6.45, 7) is 4.11. The van der Waals surface area contributed by atoms with Crippen LogP contribution < -0.4 is 5.32 Å². The van der Waals surface area contributed by atoms with Gasteiger partial charge >= 0.3 is 0 Å². The summed E-state index contributed by atoms with van der Waals surface area (Å²) in [5, 5.41) is 11.7. The number of hydrogen-bond donors (Lipinski definition) is 1. The van der Waals surface area contributed by atoms with Crippen molar-refractivity contribution < 1.29 is 8.42 Å². The topological polar surface area (TPSA) is 73.2 Å². The molecule has 5 nitrogen and oxygen atoms in total. The lowest BCUT2D eigenvalue weighted by molar-refractivity contribution is 0.267. The van der Waals surface area contributed by atoms with E-state index in [1.165, 1.54) is 4.31 Å². The van der Waals surface area contributed by atoms with Gasteiger partial charge in [0.1, 0.15) is 0 Å². The Bertz CT molecular complexity index is 342. The van der Waals surface area contributed by atoms with E-state index < -0.39 is 15.8 Å². The van der Waals surface area contributed by atoms with Gasteiger partial charge in [-0.1, -0.05) is 6.92 Å². The molecule has 1 aliphatic rings. The zero-order chi connectivity index (χ0) is 12.0. The Morgan fingerprint density at radius 1 is 1.56 bits per heavy atom. The standard InChI is InChI=1S/C10H19N3O2S/c1-2-7-13(16(14,15)8-5-11)10-4-3-6-12-9-10/h10,12H,2-4,6-9H2,1H3. The van der Waals surface area contributed by atoms with Gasteiger partial charge in [0.15, 0.2) is 5.75 Å². The third-order valence-electron chi connectivity index (χ3n) is 2.73. The van der Waals surface area contributed by atoms with Gasteiger partial charge in [0, 0.05) is 19.1 Å². The molecule has 0 aliphatic carbocycles. The lowest BCUT2D eigenvalue weighted by Crippen LogP contribution is -2.49. The summed E-state index contributed by atoms with van der Waals surface area (Å²) in [4.78, 5) is 0. The Morgan fingerprint density at radius 2 is 2.31 bits per heavy atom. The van der Waals surface area contributed by atoms with Gasteiger partial charge in [-0.05, 0) is 25.8 Å². The molecule has 16 heavy (non-hydrogen) atoms. The number of sulfonamides is 1. The molecular weight excluding hydrogens is 226 g/mol. The maximum absolute atomic E-state index is 11.9. The lowest BCUT2D eigenvalue weighted by atomic mass is 10.1. The summed E-state index contributed by atoms with van der Waals surface area (Å²) >= 11 is 0. The first-order chi connectivity index (χ1) is 7.61. The summed E-state index contributed by atoms with van der Waals surface area (Å²) in [5.41, 5.74) is 0. The normalized spacial score (nSPS) is 21.9. The monoisotopic (exact) mass is 245 g/mol. The van der Waals surface area contributed by atoms with E-state index in [4.69, 9.17) is 5.26 Å². The number of nitrogens with zero attached hydrogens (tertiary/aromatic N) is 2. The van der Waals surface area contributed by atoms with E-state index in [1.807, 2.05) is 6.92 Å². The summed E-state index contributed by atoms with van der Waals surface area (Å²) in [6.07, 6.45) is 2.66. The molecule has 1 saturated heterocycles. The minimum Gasteiger partial charge on any atom is -0.315 e. The fraction of sp³-hybridized carbons (Fsp3) is 0.900. The van der Waals surface area contributed by atoms with Crippen LogP contribution in [0.25, 0.3) is 0 Å². The second-order valence-corrected chi connectivity index (χ2v) is 5.95. The minimum atomic E-state index is -3.40. The third kappa shape index (κ3) is 3.44. The number of hydrogen-bond acceptors (Lipinski definition) is 4. The molecule has 92 valence electrons. The molecule has 1 aliphatic heterocycles. The highest BCUT2D eigenvalue weighted by Gasteiger charge is 2.29. The summed E-state index contributed by atoms with van der Waals surface area (Å²) < 4.78 is 25.3. The van der Waals surface area contributed by atoms with Crippen molar-refractivity contribution in [3.8, 4) is 6.07 Å². The van der Waals surface area contributed by atoms with E-state index in [9.17, 15) is 8.42 Å². The summed E-state index contributed by atoms with van der Waals surface area (Å²) in [7, 11) is -3.40. The third-order valence-corrected chi connectivity index (χ3v) is 4.42. The molecule has 1 N–H and O–H groups in total. The van der Waals surface area contributed by atoms with Crippen LogP contribution in [0.15, 0.2) is 0 Å². The molecule has 0 bridgehead atoms. The van der Waals surface area contributed by atoms with Crippen molar-refractivity contribution in [1.29, 1.82) is 5.26 Å². The summed E-state index contributed by atoms with van der Waals surface area (Å²) in [5.74, 6) is -0.413. The van der Waals surface area contributed by atoms with Crippen LogP contribution in [-0.4, -0.2) is 44.2 Å². The first kappa shape index (κ1) is 13.4. The van der Waals surface area contributed by atoms with Gasteiger partial charge in [0.2, 0.25) is 10.0 Å². The van der Waals surface area contributed by atoms with Gasteiger partial charge in [0.25, 0.3) is 0 Å². The van der Waals surface area contributed by atoms with Gasteiger partial charge < -0.3 is 5.32 Å². The van der Waals surface area contributed by atoms with Gasteiger partial charge in [0.05, 0.1) is 6.07 Å². The number of nitrogens with one attached hydrogen (secondary N) is 1.